The number of hydrogen-bond donors (Lipinski definition) is 1. The van der Waals surface area contributed by atoms with Gasteiger partial charge in [-0.15, -0.1) is 0 Å². The van der Waals surface area contributed by atoms with Crippen molar-refractivity contribution in [3.8, 4) is 0 Å². The Hall–Kier alpha value is -1.71. The molecule has 0 saturated carbocycles. The van der Waals surface area contributed by atoms with E-state index in [0.29, 0.717) is 51.5 Å². The zero-order chi connectivity index (χ0) is 36.4. The zero-order valence-electron chi connectivity index (χ0n) is 32.5. The van der Waals surface area contributed by atoms with E-state index in [-0.39, 0.29) is 37.7 Å². The van der Waals surface area contributed by atoms with E-state index in [4.69, 9.17) is 18.9 Å². The van der Waals surface area contributed by atoms with E-state index in [1.807, 2.05) is 13.8 Å². The summed E-state index contributed by atoms with van der Waals surface area (Å²) in [5.41, 5.74) is -0.536. The Morgan fingerprint density at radius 3 is 1.65 bits per heavy atom. The van der Waals surface area contributed by atoms with E-state index in [1.165, 1.54) is 84.0 Å². The monoisotopic (exact) mass is 700 g/mol. The van der Waals surface area contributed by atoms with Crippen LogP contribution in [0.25, 0.3) is 0 Å². The summed E-state index contributed by atoms with van der Waals surface area (Å²) in [5, 5.41) is 9.54. The number of aliphatic hydroxyl groups is 1. The van der Waals surface area contributed by atoms with Crippen molar-refractivity contribution in [1.29, 1.82) is 0 Å². The number of carbonyl (C=O) groups excluding carboxylic acids is 3. The van der Waals surface area contributed by atoms with Crippen molar-refractivity contribution in [2.45, 2.75) is 169 Å². The lowest BCUT2D eigenvalue weighted by molar-refractivity contribution is -0.156. The summed E-state index contributed by atoms with van der Waals surface area (Å²) in [6.45, 7) is 14.1. The maximum atomic E-state index is 12.5. The van der Waals surface area contributed by atoms with Crippen molar-refractivity contribution in [3.05, 3.63) is 0 Å². The van der Waals surface area contributed by atoms with Gasteiger partial charge >= 0.3 is 17.9 Å². The molecule has 0 aliphatic carbocycles. The van der Waals surface area contributed by atoms with Crippen LogP contribution in [0, 0.1) is 11.3 Å². The predicted molar refractivity (Wildman–Crippen MR) is 198 cm³/mol. The third kappa shape index (κ3) is 28.7. The molecule has 0 saturated heterocycles. The van der Waals surface area contributed by atoms with E-state index in [2.05, 4.69) is 18.7 Å². The second-order valence-corrected chi connectivity index (χ2v) is 14.1. The molecule has 2 atom stereocenters. The molecule has 9 heteroatoms. The quantitative estimate of drug-likeness (QED) is 0.0390. The topological polar surface area (TPSA) is 112 Å². The largest absolute Gasteiger partial charge is 0.465 e. The number of ether oxygens (including phenoxy) is 4. The average molecular weight is 700 g/mol. The molecule has 0 heterocycles. The molecule has 0 aromatic carbocycles. The summed E-state index contributed by atoms with van der Waals surface area (Å²) < 4.78 is 22.2. The van der Waals surface area contributed by atoms with Gasteiger partial charge in [-0.25, -0.2) is 0 Å². The first kappa shape index (κ1) is 47.3. The number of unbranched alkanes of at least 4 members (excludes halogenated alkanes) is 12. The molecule has 0 aromatic rings. The number of rotatable bonds is 36. The van der Waals surface area contributed by atoms with Gasteiger partial charge in [0.2, 0.25) is 0 Å². The van der Waals surface area contributed by atoms with E-state index in [9.17, 15) is 19.5 Å². The SMILES string of the molecule is CCCCCCCCC(CCCCCC)COC(=O)CCCCCN(CCO)CCCCCC(=O)OCC(CC)(COCC)COC(C)=O. The van der Waals surface area contributed by atoms with Crippen LogP contribution < -0.4 is 0 Å². The molecule has 0 rings (SSSR count). The Labute approximate surface area is 300 Å². The van der Waals surface area contributed by atoms with E-state index in [0.717, 1.165) is 51.6 Å². The van der Waals surface area contributed by atoms with E-state index >= 15 is 0 Å². The standard InChI is InChI=1S/C40H77NO8/c1-6-10-12-14-15-19-25-37(24-18-13-11-7-2)32-47-38(44)26-20-16-22-28-41(30-31-42)29-23-17-21-27-39(45)49-35-40(8-3,33-46-9-4)34-48-36(5)43/h37,42H,6-35H2,1-5H3. The maximum Gasteiger partial charge on any atom is 0.305 e. The molecule has 0 radical (unpaired) electrons. The van der Waals surface area contributed by atoms with Gasteiger partial charge in [0.1, 0.15) is 13.2 Å². The van der Waals surface area contributed by atoms with Crippen molar-refractivity contribution < 1.29 is 38.4 Å². The van der Waals surface area contributed by atoms with Crippen molar-refractivity contribution in [2.24, 2.45) is 11.3 Å². The lowest BCUT2D eigenvalue weighted by Gasteiger charge is -2.31. The fourth-order valence-corrected chi connectivity index (χ4v) is 6.02. The number of hydrogen-bond acceptors (Lipinski definition) is 9. The van der Waals surface area contributed by atoms with Gasteiger partial charge in [-0.2, -0.15) is 0 Å². The predicted octanol–water partition coefficient (Wildman–Crippen LogP) is 8.82. The summed E-state index contributed by atoms with van der Waals surface area (Å²) in [6, 6.07) is 0. The van der Waals surface area contributed by atoms with Gasteiger partial charge in [0.25, 0.3) is 0 Å². The average Bonchev–Trinajstić information content (AvgIpc) is 3.09. The molecule has 1 N–H and O–H groups in total. The van der Waals surface area contributed by atoms with Crippen molar-refractivity contribution >= 4 is 17.9 Å². The molecular formula is C40H77NO8. The lowest BCUT2D eigenvalue weighted by atomic mass is 9.88. The molecule has 0 bridgehead atoms. The first-order valence-electron chi connectivity index (χ1n) is 20.1. The molecule has 49 heavy (non-hydrogen) atoms. The van der Waals surface area contributed by atoms with Crippen LogP contribution >= 0.6 is 0 Å². The van der Waals surface area contributed by atoms with Crippen LogP contribution in [0.5, 0.6) is 0 Å². The second-order valence-electron chi connectivity index (χ2n) is 14.1. The second kappa shape index (κ2) is 33.4. The highest BCUT2D eigenvalue weighted by Gasteiger charge is 2.32. The summed E-state index contributed by atoms with van der Waals surface area (Å²) in [4.78, 5) is 38.6. The van der Waals surface area contributed by atoms with Crippen LogP contribution in [0.1, 0.15) is 169 Å². The van der Waals surface area contributed by atoms with Gasteiger partial charge < -0.3 is 29.0 Å². The van der Waals surface area contributed by atoms with Gasteiger partial charge in [-0.1, -0.05) is 97.8 Å². The molecule has 0 aliphatic heterocycles. The fraction of sp³-hybridized carbons (Fsp3) is 0.925. The number of nitrogens with zero attached hydrogens (tertiary/aromatic N) is 1. The zero-order valence-corrected chi connectivity index (χ0v) is 32.5. The molecule has 0 aliphatic rings. The molecular weight excluding hydrogens is 622 g/mol. The Kier molecular flexibility index (Phi) is 32.3. The van der Waals surface area contributed by atoms with Crippen LogP contribution in [-0.2, 0) is 33.3 Å². The van der Waals surface area contributed by atoms with Crippen LogP contribution in [0.2, 0.25) is 0 Å². The summed E-state index contributed by atoms with van der Waals surface area (Å²) in [5.74, 6) is -0.175. The van der Waals surface area contributed by atoms with Gasteiger partial charge in [-0.3, -0.25) is 14.4 Å². The number of carbonyl (C=O) groups is 3. The first-order chi connectivity index (χ1) is 23.7. The van der Waals surface area contributed by atoms with E-state index in [1.54, 1.807) is 0 Å². The highest BCUT2D eigenvalue weighted by atomic mass is 16.6. The molecule has 0 fully saturated rings. The van der Waals surface area contributed by atoms with Gasteiger partial charge in [0, 0.05) is 32.9 Å². The third-order valence-corrected chi connectivity index (χ3v) is 9.52. The van der Waals surface area contributed by atoms with Gasteiger partial charge in [0.15, 0.2) is 0 Å². The Morgan fingerprint density at radius 2 is 1.12 bits per heavy atom. The maximum absolute atomic E-state index is 12.5. The minimum absolute atomic E-state index is 0.0636. The molecule has 0 aromatic heterocycles. The summed E-state index contributed by atoms with van der Waals surface area (Å²) >= 11 is 0. The third-order valence-electron chi connectivity index (χ3n) is 9.52. The minimum atomic E-state index is -0.536. The molecule has 9 nitrogen and oxygen atoms in total. The van der Waals surface area contributed by atoms with Gasteiger partial charge in [-0.05, 0) is 70.9 Å². The Bertz CT molecular complexity index is 794. The summed E-state index contributed by atoms with van der Waals surface area (Å²) in [6.07, 6.45) is 22.0. The highest BCUT2D eigenvalue weighted by molar-refractivity contribution is 5.69. The van der Waals surface area contributed by atoms with Crippen LogP contribution in [-0.4, -0.2) is 87.2 Å². The molecule has 2 unspecified atom stereocenters. The smallest absolute Gasteiger partial charge is 0.305 e. The highest BCUT2D eigenvalue weighted by Crippen LogP contribution is 2.25. The normalized spacial score (nSPS) is 13.3. The molecule has 0 spiro atoms. The number of aliphatic hydroxyl groups excluding tert-OH is 1. The van der Waals surface area contributed by atoms with Gasteiger partial charge in [0.05, 0.1) is 25.2 Å². The molecule has 0 amide bonds. The lowest BCUT2D eigenvalue weighted by Crippen LogP contribution is -2.38. The minimum Gasteiger partial charge on any atom is -0.465 e. The van der Waals surface area contributed by atoms with Crippen molar-refractivity contribution in [1.82, 2.24) is 4.90 Å². The Balaban J connectivity index is 4.29. The van der Waals surface area contributed by atoms with Crippen LogP contribution in [0.15, 0.2) is 0 Å². The summed E-state index contributed by atoms with van der Waals surface area (Å²) in [7, 11) is 0. The fourth-order valence-electron chi connectivity index (χ4n) is 6.02. The van der Waals surface area contributed by atoms with Crippen LogP contribution in [0.3, 0.4) is 0 Å². The Morgan fingerprint density at radius 1 is 0.612 bits per heavy atom. The first-order valence-corrected chi connectivity index (χ1v) is 20.1. The van der Waals surface area contributed by atoms with Crippen molar-refractivity contribution in [2.75, 3.05) is 59.3 Å². The molecule has 290 valence electrons. The van der Waals surface area contributed by atoms with E-state index < -0.39 is 5.41 Å². The van der Waals surface area contributed by atoms with Crippen LogP contribution in [0.4, 0.5) is 0 Å². The van der Waals surface area contributed by atoms with Crippen molar-refractivity contribution in [3.63, 3.8) is 0 Å². The number of esters is 3.